The second-order valence-corrected chi connectivity index (χ2v) is 5.10. The van der Waals surface area contributed by atoms with Crippen molar-refractivity contribution in [1.82, 2.24) is 9.97 Å². The average molecular weight is 216 g/mol. The van der Waals surface area contributed by atoms with Crippen molar-refractivity contribution in [3.05, 3.63) is 34.4 Å². The van der Waals surface area contributed by atoms with Crippen molar-refractivity contribution in [1.29, 1.82) is 0 Å². The zero-order valence-corrected chi connectivity index (χ0v) is 9.42. The van der Waals surface area contributed by atoms with Crippen LogP contribution >= 0.6 is 11.3 Å². The fraction of sp³-hybridized carbons (Fsp3) is 0.333. The number of thiazole rings is 1. The topological polar surface area (TPSA) is 25.8 Å². The normalized spacial score (nSPS) is 15.5. The summed E-state index contributed by atoms with van der Waals surface area (Å²) >= 11 is 1.69. The first-order valence-electron chi connectivity index (χ1n) is 5.20. The van der Waals surface area contributed by atoms with E-state index in [0.717, 1.165) is 22.2 Å². The monoisotopic (exact) mass is 216 g/mol. The van der Waals surface area contributed by atoms with Gasteiger partial charge in [0.25, 0.3) is 0 Å². The smallest absolute Gasteiger partial charge is 0.0901 e. The standard InChI is InChI=1S/C12H12N2S/c1-8-14-12(7-15-8)11-4-10(5-13-6-11)9-2-3-9/h4-7,9H,2-3H2,1H3. The molecule has 0 aromatic carbocycles. The Bertz CT molecular complexity index is 486. The van der Waals surface area contributed by atoms with Gasteiger partial charge in [0.15, 0.2) is 0 Å². The van der Waals surface area contributed by atoms with Gasteiger partial charge in [0.2, 0.25) is 0 Å². The van der Waals surface area contributed by atoms with Gasteiger partial charge in [-0.1, -0.05) is 0 Å². The molecule has 0 radical (unpaired) electrons. The van der Waals surface area contributed by atoms with E-state index in [2.05, 4.69) is 21.4 Å². The predicted octanol–water partition coefficient (Wildman–Crippen LogP) is 3.39. The summed E-state index contributed by atoms with van der Waals surface area (Å²) in [5, 5.41) is 3.21. The molecule has 2 aromatic heterocycles. The largest absolute Gasteiger partial charge is 0.264 e. The van der Waals surface area contributed by atoms with Crippen molar-refractivity contribution in [3.63, 3.8) is 0 Å². The van der Waals surface area contributed by atoms with Crippen LogP contribution in [-0.2, 0) is 0 Å². The van der Waals surface area contributed by atoms with Crippen molar-refractivity contribution >= 4 is 11.3 Å². The highest BCUT2D eigenvalue weighted by Crippen LogP contribution is 2.40. The van der Waals surface area contributed by atoms with Gasteiger partial charge in [-0.15, -0.1) is 11.3 Å². The fourth-order valence-electron chi connectivity index (χ4n) is 1.73. The van der Waals surface area contributed by atoms with E-state index >= 15 is 0 Å². The van der Waals surface area contributed by atoms with Gasteiger partial charge < -0.3 is 0 Å². The maximum absolute atomic E-state index is 4.48. The number of hydrogen-bond acceptors (Lipinski definition) is 3. The minimum atomic E-state index is 0.761. The van der Waals surface area contributed by atoms with E-state index in [1.54, 1.807) is 11.3 Å². The third kappa shape index (κ3) is 1.79. The second kappa shape index (κ2) is 3.42. The highest BCUT2D eigenvalue weighted by atomic mass is 32.1. The van der Waals surface area contributed by atoms with Gasteiger partial charge in [-0.05, 0) is 37.3 Å². The van der Waals surface area contributed by atoms with E-state index < -0.39 is 0 Å². The molecule has 1 aliphatic rings. The molecule has 3 rings (SSSR count). The van der Waals surface area contributed by atoms with Gasteiger partial charge in [-0.3, -0.25) is 4.98 Å². The quantitative estimate of drug-likeness (QED) is 0.769. The number of aromatic nitrogens is 2. The van der Waals surface area contributed by atoms with E-state index in [1.807, 2.05) is 19.3 Å². The Morgan fingerprint density at radius 2 is 2.20 bits per heavy atom. The van der Waals surface area contributed by atoms with Crippen LogP contribution in [0.5, 0.6) is 0 Å². The molecule has 0 saturated heterocycles. The number of rotatable bonds is 2. The van der Waals surface area contributed by atoms with Gasteiger partial charge in [0.1, 0.15) is 0 Å². The molecule has 76 valence electrons. The Morgan fingerprint density at radius 3 is 2.87 bits per heavy atom. The first-order valence-corrected chi connectivity index (χ1v) is 6.08. The summed E-state index contributed by atoms with van der Waals surface area (Å²) in [5.41, 5.74) is 3.59. The number of aryl methyl sites for hydroxylation is 1. The predicted molar refractivity (Wildman–Crippen MR) is 62.1 cm³/mol. The van der Waals surface area contributed by atoms with Crippen LogP contribution in [0.4, 0.5) is 0 Å². The first-order chi connectivity index (χ1) is 7.33. The molecule has 2 heterocycles. The molecule has 0 N–H and O–H groups in total. The van der Waals surface area contributed by atoms with E-state index in [4.69, 9.17) is 0 Å². The van der Waals surface area contributed by atoms with E-state index in [-0.39, 0.29) is 0 Å². The molecule has 1 aliphatic carbocycles. The van der Waals surface area contributed by atoms with Crippen molar-refractivity contribution in [2.45, 2.75) is 25.7 Å². The van der Waals surface area contributed by atoms with Crippen LogP contribution in [0.2, 0.25) is 0 Å². The maximum Gasteiger partial charge on any atom is 0.0901 e. The number of pyridine rings is 1. The molecule has 0 bridgehead atoms. The third-order valence-electron chi connectivity index (χ3n) is 2.72. The molecule has 1 fully saturated rings. The summed E-state index contributed by atoms with van der Waals surface area (Å²) in [7, 11) is 0. The Balaban J connectivity index is 2.00. The molecule has 2 nitrogen and oxygen atoms in total. The Labute approximate surface area is 93.0 Å². The lowest BCUT2D eigenvalue weighted by Crippen LogP contribution is -1.85. The Kier molecular flexibility index (Phi) is 2.06. The average Bonchev–Trinajstić information content (AvgIpc) is 3.02. The zero-order valence-electron chi connectivity index (χ0n) is 8.60. The maximum atomic E-state index is 4.48. The van der Waals surface area contributed by atoms with Crippen LogP contribution in [0.25, 0.3) is 11.3 Å². The van der Waals surface area contributed by atoms with Gasteiger partial charge >= 0.3 is 0 Å². The lowest BCUT2D eigenvalue weighted by atomic mass is 10.1. The molecule has 1 saturated carbocycles. The van der Waals surface area contributed by atoms with Crippen molar-refractivity contribution in [2.24, 2.45) is 0 Å². The summed E-state index contributed by atoms with van der Waals surface area (Å²) in [6.45, 7) is 2.03. The minimum absolute atomic E-state index is 0.761. The van der Waals surface area contributed by atoms with Gasteiger partial charge in [0, 0.05) is 23.3 Å². The van der Waals surface area contributed by atoms with Crippen molar-refractivity contribution in [3.8, 4) is 11.3 Å². The summed E-state index contributed by atoms with van der Waals surface area (Å²) in [6, 6.07) is 2.24. The van der Waals surface area contributed by atoms with Crippen LogP contribution in [0.3, 0.4) is 0 Å². The highest BCUT2D eigenvalue weighted by molar-refractivity contribution is 7.09. The van der Waals surface area contributed by atoms with E-state index in [0.29, 0.717) is 0 Å². The molecule has 15 heavy (non-hydrogen) atoms. The molecular formula is C12H12N2S. The number of hydrogen-bond donors (Lipinski definition) is 0. The molecule has 0 spiro atoms. The molecule has 0 aliphatic heterocycles. The van der Waals surface area contributed by atoms with Crippen LogP contribution < -0.4 is 0 Å². The molecule has 0 unspecified atom stereocenters. The molecule has 2 aromatic rings. The van der Waals surface area contributed by atoms with Crippen LogP contribution in [0, 0.1) is 6.92 Å². The second-order valence-electron chi connectivity index (χ2n) is 4.03. The summed E-state index contributed by atoms with van der Waals surface area (Å²) in [6.07, 6.45) is 6.53. The van der Waals surface area contributed by atoms with Crippen LogP contribution in [0.15, 0.2) is 23.8 Å². The molecule has 0 atom stereocenters. The summed E-state index contributed by atoms with van der Waals surface area (Å²) in [4.78, 5) is 8.78. The minimum Gasteiger partial charge on any atom is -0.264 e. The SMILES string of the molecule is Cc1nc(-c2cncc(C3CC3)c2)cs1. The van der Waals surface area contributed by atoms with E-state index in [9.17, 15) is 0 Å². The van der Waals surface area contributed by atoms with Crippen LogP contribution in [-0.4, -0.2) is 9.97 Å². The highest BCUT2D eigenvalue weighted by Gasteiger charge is 2.24. The van der Waals surface area contributed by atoms with Crippen molar-refractivity contribution in [2.75, 3.05) is 0 Å². The third-order valence-corrected chi connectivity index (χ3v) is 3.50. The van der Waals surface area contributed by atoms with Gasteiger partial charge in [-0.25, -0.2) is 4.98 Å². The van der Waals surface area contributed by atoms with E-state index in [1.165, 1.54) is 18.4 Å². The Hall–Kier alpha value is -1.22. The molecule has 3 heteroatoms. The first kappa shape index (κ1) is 9.04. The summed E-state index contributed by atoms with van der Waals surface area (Å²) in [5.74, 6) is 0.761. The number of nitrogens with zero attached hydrogens (tertiary/aromatic N) is 2. The zero-order chi connectivity index (χ0) is 10.3. The lowest BCUT2D eigenvalue weighted by molar-refractivity contribution is 1.09. The van der Waals surface area contributed by atoms with Gasteiger partial charge in [-0.2, -0.15) is 0 Å². The van der Waals surface area contributed by atoms with Crippen LogP contribution in [0.1, 0.15) is 29.3 Å². The molecular weight excluding hydrogens is 204 g/mol. The van der Waals surface area contributed by atoms with Gasteiger partial charge in [0.05, 0.1) is 10.7 Å². The summed E-state index contributed by atoms with van der Waals surface area (Å²) < 4.78 is 0. The lowest BCUT2D eigenvalue weighted by Gasteiger charge is -2.00. The molecule has 0 amide bonds. The Morgan fingerprint density at radius 1 is 1.33 bits per heavy atom. The van der Waals surface area contributed by atoms with Crippen molar-refractivity contribution < 1.29 is 0 Å². The fourth-order valence-corrected chi connectivity index (χ4v) is 2.36.